The molecule has 1 heterocycles. The number of aromatic nitrogens is 1. The summed E-state index contributed by atoms with van der Waals surface area (Å²) in [5.74, 6) is 0. The summed E-state index contributed by atoms with van der Waals surface area (Å²) in [6, 6.07) is 19.1. The van der Waals surface area contributed by atoms with Crippen LogP contribution in [0.2, 0.25) is 0 Å². The lowest BCUT2D eigenvalue weighted by atomic mass is 10.1. The number of ether oxygens (including phenoxy) is 1. The predicted molar refractivity (Wildman–Crippen MR) is 100 cm³/mol. The van der Waals surface area contributed by atoms with Gasteiger partial charge in [0.2, 0.25) is 0 Å². The van der Waals surface area contributed by atoms with Crippen LogP contribution in [0.25, 0.3) is 10.9 Å². The normalized spacial score (nSPS) is 11.2. The molecule has 0 aliphatic carbocycles. The molecule has 0 spiro atoms. The van der Waals surface area contributed by atoms with Crippen LogP contribution in [0.3, 0.4) is 0 Å². The molecule has 0 amide bonds. The number of H-pyrrole nitrogens is 1. The van der Waals surface area contributed by atoms with E-state index in [4.69, 9.17) is 4.74 Å². The molecule has 3 nitrogen and oxygen atoms in total. The molecule has 3 rings (SSSR count). The highest BCUT2D eigenvalue weighted by atomic mass is 16.5. The number of benzene rings is 2. The average Bonchev–Trinajstić information content (AvgIpc) is 3.11. The van der Waals surface area contributed by atoms with Gasteiger partial charge >= 0.3 is 0 Å². The zero-order valence-corrected chi connectivity index (χ0v) is 14.1. The number of nitrogens with one attached hydrogen (secondary N) is 2. The van der Waals surface area contributed by atoms with Crippen LogP contribution < -0.4 is 5.32 Å². The number of hydrogen-bond acceptors (Lipinski definition) is 2. The Morgan fingerprint density at radius 2 is 1.79 bits per heavy atom. The van der Waals surface area contributed by atoms with Gasteiger partial charge in [-0.05, 0) is 49.1 Å². The van der Waals surface area contributed by atoms with Gasteiger partial charge in [-0.1, -0.05) is 42.5 Å². The minimum absolute atomic E-state index is 0.812. The van der Waals surface area contributed by atoms with Crippen LogP contribution >= 0.6 is 0 Å². The molecule has 0 fully saturated rings. The molecule has 0 saturated carbocycles. The first kappa shape index (κ1) is 16.7. The Labute approximate surface area is 144 Å². The first-order valence-corrected chi connectivity index (χ1v) is 8.81. The fraction of sp³-hybridized carbons (Fsp3) is 0.333. The minimum atomic E-state index is 0.812. The maximum atomic E-state index is 5.72. The number of hydrogen-bond donors (Lipinski definition) is 2. The van der Waals surface area contributed by atoms with E-state index < -0.39 is 0 Å². The van der Waals surface area contributed by atoms with Gasteiger partial charge < -0.3 is 15.0 Å². The number of rotatable bonds is 10. The molecule has 0 radical (unpaired) electrons. The lowest BCUT2D eigenvalue weighted by molar-refractivity contribution is 0.133. The van der Waals surface area contributed by atoms with Crippen molar-refractivity contribution in [3.8, 4) is 0 Å². The van der Waals surface area contributed by atoms with Crippen molar-refractivity contribution in [1.82, 2.24) is 10.3 Å². The monoisotopic (exact) mass is 322 g/mol. The van der Waals surface area contributed by atoms with E-state index in [0.29, 0.717) is 0 Å². The van der Waals surface area contributed by atoms with Crippen molar-refractivity contribution in [2.45, 2.75) is 25.8 Å². The molecular weight excluding hydrogens is 296 g/mol. The highest BCUT2D eigenvalue weighted by molar-refractivity contribution is 5.82. The molecule has 0 atom stereocenters. The summed E-state index contributed by atoms with van der Waals surface area (Å²) in [5, 5.41) is 4.85. The van der Waals surface area contributed by atoms with Gasteiger partial charge in [0.15, 0.2) is 0 Å². The van der Waals surface area contributed by atoms with Crippen molar-refractivity contribution in [2.75, 3.05) is 19.8 Å². The van der Waals surface area contributed by atoms with E-state index in [1.165, 1.54) is 22.0 Å². The van der Waals surface area contributed by atoms with Crippen molar-refractivity contribution in [1.29, 1.82) is 0 Å². The van der Waals surface area contributed by atoms with Gasteiger partial charge in [-0.2, -0.15) is 0 Å². The van der Waals surface area contributed by atoms with E-state index in [9.17, 15) is 0 Å². The van der Waals surface area contributed by atoms with Crippen molar-refractivity contribution < 1.29 is 4.74 Å². The van der Waals surface area contributed by atoms with E-state index >= 15 is 0 Å². The van der Waals surface area contributed by atoms with Crippen LogP contribution in [-0.2, 0) is 17.7 Å². The molecule has 0 bridgehead atoms. The third-order valence-electron chi connectivity index (χ3n) is 4.27. The summed E-state index contributed by atoms with van der Waals surface area (Å²) < 4.78 is 5.72. The zero-order valence-electron chi connectivity index (χ0n) is 14.1. The standard InChI is InChI=1S/C21H26N2O/c1-2-7-18(8-3-1)12-16-24-15-5-4-13-22-17-19-9-6-10-21-20(19)11-14-23-21/h1-3,6-11,14,22-23H,4-5,12-13,15-17H2. The van der Waals surface area contributed by atoms with E-state index in [2.05, 4.69) is 58.8 Å². The Morgan fingerprint density at radius 1 is 0.875 bits per heavy atom. The quantitative estimate of drug-likeness (QED) is 0.546. The van der Waals surface area contributed by atoms with Gasteiger partial charge in [0.05, 0.1) is 6.61 Å². The smallest absolute Gasteiger partial charge is 0.0506 e. The van der Waals surface area contributed by atoms with E-state index in [1.54, 1.807) is 0 Å². The Balaban J connectivity index is 1.24. The zero-order chi connectivity index (χ0) is 16.5. The molecule has 3 aromatic rings. The predicted octanol–water partition coefficient (Wildman–Crippen LogP) is 4.30. The molecule has 1 aromatic heterocycles. The van der Waals surface area contributed by atoms with Crippen LogP contribution in [0.4, 0.5) is 0 Å². The first-order chi connectivity index (χ1) is 11.9. The van der Waals surface area contributed by atoms with Gasteiger partial charge in [0, 0.05) is 30.3 Å². The van der Waals surface area contributed by atoms with Gasteiger partial charge in [0.1, 0.15) is 0 Å². The Bertz CT molecular complexity index is 721. The molecule has 24 heavy (non-hydrogen) atoms. The number of aromatic amines is 1. The minimum Gasteiger partial charge on any atom is -0.381 e. The van der Waals surface area contributed by atoms with E-state index in [-0.39, 0.29) is 0 Å². The maximum absolute atomic E-state index is 5.72. The summed E-state index contributed by atoms with van der Waals surface area (Å²) in [6.07, 6.45) is 5.26. The Kier molecular flexibility index (Phi) is 6.46. The summed E-state index contributed by atoms with van der Waals surface area (Å²) in [7, 11) is 0. The number of fused-ring (bicyclic) bond motifs is 1. The second-order valence-electron chi connectivity index (χ2n) is 6.09. The van der Waals surface area contributed by atoms with Crippen molar-refractivity contribution in [3.63, 3.8) is 0 Å². The highest BCUT2D eigenvalue weighted by Crippen LogP contribution is 2.16. The second-order valence-corrected chi connectivity index (χ2v) is 6.09. The van der Waals surface area contributed by atoms with Gasteiger partial charge in [0.25, 0.3) is 0 Å². The van der Waals surface area contributed by atoms with E-state index in [1.807, 2.05) is 12.3 Å². The summed E-state index contributed by atoms with van der Waals surface area (Å²) in [6.45, 7) is 3.61. The summed E-state index contributed by atoms with van der Waals surface area (Å²) >= 11 is 0. The molecule has 0 unspecified atom stereocenters. The molecule has 3 heteroatoms. The Hall–Kier alpha value is -2.10. The molecule has 2 aromatic carbocycles. The molecule has 0 aliphatic rings. The molecule has 0 aliphatic heterocycles. The fourth-order valence-electron chi connectivity index (χ4n) is 2.92. The van der Waals surface area contributed by atoms with Crippen LogP contribution in [0.15, 0.2) is 60.8 Å². The molecule has 2 N–H and O–H groups in total. The van der Waals surface area contributed by atoms with Crippen LogP contribution in [0.1, 0.15) is 24.0 Å². The topological polar surface area (TPSA) is 37.0 Å². The molecule has 126 valence electrons. The largest absolute Gasteiger partial charge is 0.381 e. The molecular formula is C21H26N2O. The maximum Gasteiger partial charge on any atom is 0.0506 e. The third kappa shape index (κ3) is 4.95. The van der Waals surface area contributed by atoms with Crippen LogP contribution in [0.5, 0.6) is 0 Å². The third-order valence-corrected chi connectivity index (χ3v) is 4.27. The lowest BCUT2D eigenvalue weighted by Crippen LogP contribution is -2.15. The summed E-state index contributed by atoms with van der Waals surface area (Å²) in [5.41, 5.74) is 3.91. The van der Waals surface area contributed by atoms with Gasteiger partial charge in [-0.15, -0.1) is 0 Å². The number of unbranched alkanes of at least 4 members (excludes halogenated alkanes) is 1. The van der Waals surface area contributed by atoms with Crippen molar-refractivity contribution in [3.05, 3.63) is 71.9 Å². The average molecular weight is 322 g/mol. The molecule has 0 saturated heterocycles. The van der Waals surface area contributed by atoms with Gasteiger partial charge in [-0.3, -0.25) is 0 Å². The SMILES string of the molecule is c1ccc(CCOCCCCNCc2cccc3[nH]ccc23)cc1. The first-order valence-electron chi connectivity index (χ1n) is 8.81. The Morgan fingerprint density at radius 3 is 2.71 bits per heavy atom. The summed E-state index contributed by atoms with van der Waals surface area (Å²) in [4.78, 5) is 3.26. The van der Waals surface area contributed by atoms with Crippen molar-refractivity contribution >= 4 is 10.9 Å². The highest BCUT2D eigenvalue weighted by Gasteiger charge is 2.00. The van der Waals surface area contributed by atoms with Crippen LogP contribution in [-0.4, -0.2) is 24.7 Å². The lowest BCUT2D eigenvalue weighted by Gasteiger charge is -2.07. The van der Waals surface area contributed by atoms with Crippen molar-refractivity contribution in [2.24, 2.45) is 0 Å². The fourth-order valence-corrected chi connectivity index (χ4v) is 2.92. The second kappa shape index (κ2) is 9.26. The van der Waals surface area contributed by atoms with Crippen LogP contribution in [0, 0.1) is 0 Å². The van der Waals surface area contributed by atoms with Gasteiger partial charge in [-0.25, -0.2) is 0 Å². The van der Waals surface area contributed by atoms with E-state index in [0.717, 1.165) is 45.6 Å².